The van der Waals surface area contributed by atoms with E-state index in [1.807, 2.05) is 77.1 Å². The first-order valence-corrected chi connectivity index (χ1v) is 14.0. The summed E-state index contributed by atoms with van der Waals surface area (Å²) in [6.07, 6.45) is 2.15. The Morgan fingerprint density at radius 1 is 1.00 bits per heavy atom. The topological polar surface area (TPSA) is 86.8 Å². The van der Waals surface area contributed by atoms with Crippen molar-refractivity contribution in [2.75, 3.05) is 23.7 Å². The van der Waals surface area contributed by atoms with Crippen LogP contribution in [0.1, 0.15) is 55.4 Å². The van der Waals surface area contributed by atoms with Gasteiger partial charge in [0.05, 0.1) is 11.9 Å². The average molecular weight is 502 g/mol. The van der Waals surface area contributed by atoms with E-state index in [0.29, 0.717) is 31.6 Å². The molecule has 8 heteroatoms. The molecule has 7 nitrogen and oxygen atoms in total. The molecule has 0 aliphatic carbocycles. The summed E-state index contributed by atoms with van der Waals surface area (Å²) in [7, 11) is -3.53. The molecule has 0 unspecified atom stereocenters. The zero-order chi connectivity index (χ0) is 26.2. The summed E-state index contributed by atoms with van der Waals surface area (Å²) in [6.45, 7) is 10.5. The number of nitrogens with zero attached hydrogens (tertiary/aromatic N) is 2. The molecule has 0 spiro atoms. The van der Waals surface area contributed by atoms with Crippen LogP contribution in [0.15, 0.2) is 42.5 Å². The fraction of sp³-hybridized carbons (Fsp3) is 0.481. The zero-order valence-electron chi connectivity index (χ0n) is 21.8. The normalized spacial score (nSPS) is 12.2. The van der Waals surface area contributed by atoms with Crippen LogP contribution in [0.2, 0.25) is 0 Å². The number of carbonyl (C=O) groups is 2. The minimum Gasteiger partial charge on any atom is -0.355 e. The quantitative estimate of drug-likeness (QED) is 0.474. The largest absolute Gasteiger partial charge is 0.355 e. The van der Waals surface area contributed by atoms with Crippen LogP contribution in [-0.4, -0.2) is 50.5 Å². The monoisotopic (exact) mass is 501 g/mol. The van der Waals surface area contributed by atoms with E-state index in [4.69, 9.17) is 0 Å². The van der Waals surface area contributed by atoms with Crippen LogP contribution in [0.25, 0.3) is 0 Å². The highest BCUT2D eigenvalue weighted by Crippen LogP contribution is 2.25. The first kappa shape index (κ1) is 28.4. The molecule has 2 aromatic carbocycles. The lowest BCUT2D eigenvalue weighted by Crippen LogP contribution is -2.49. The van der Waals surface area contributed by atoms with Crippen LogP contribution in [-0.2, 0) is 26.2 Å². The first-order chi connectivity index (χ1) is 16.5. The molecule has 192 valence electrons. The van der Waals surface area contributed by atoms with Gasteiger partial charge in [0, 0.05) is 26.1 Å². The summed E-state index contributed by atoms with van der Waals surface area (Å²) in [5.41, 5.74) is 4.49. The van der Waals surface area contributed by atoms with Gasteiger partial charge >= 0.3 is 0 Å². The van der Waals surface area contributed by atoms with E-state index >= 15 is 0 Å². The van der Waals surface area contributed by atoms with Crippen molar-refractivity contribution in [2.24, 2.45) is 0 Å². The fourth-order valence-corrected chi connectivity index (χ4v) is 5.17. The van der Waals surface area contributed by atoms with Crippen molar-refractivity contribution in [3.05, 3.63) is 64.7 Å². The van der Waals surface area contributed by atoms with Crippen molar-refractivity contribution in [1.29, 1.82) is 0 Å². The Labute approximate surface area is 210 Å². The molecule has 0 saturated carbocycles. The van der Waals surface area contributed by atoms with Crippen molar-refractivity contribution >= 4 is 27.5 Å². The molecule has 0 aliphatic rings. The number of hydrogen-bond acceptors (Lipinski definition) is 4. The van der Waals surface area contributed by atoms with E-state index in [9.17, 15) is 18.0 Å². The molecule has 2 amide bonds. The van der Waals surface area contributed by atoms with Gasteiger partial charge in [-0.15, -0.1) is 0 Å². The van der Waals surface area contributed by atoms with Crippen molar-refractivity contribution < 1.29 is 18.0 Å². The highest BCUT2D eigenvalue weighted by molar-refractivity contribution is 7.92. The maximum atomic E-state index is 13.4. The van der Waals surface area contributed by atoms with Gasteiger partial charge in [0.2, 0.25) is 21.8 Å². The second-order valence-corrected chi connectivity index (χ2v) is 10.9. The Bertz CT molecular complexity index is 1130. The van der Waals surface area contributed by atoms with E-state index in [2.05, 4.69) is 5.32 Å². The number of amides is 2. The third kappa shape index (κ3) is 7.82. The molecule has 0 heterocycles. The molecule has 0 saturated heterocycles. The van der Waals surface area contributed by atoms with Crippen molar-refractivity contribution in [2.45, 2.75) is 66.5 Å². The standard InChI is InChI=1S/C27H39N3O4S/c1-7-24(27(32)28-8-2)29(19-23-13-10-9-12-21(23)4)26(31)14-11-17-30(35(6,33)34)25-18-20(3)15-16-22(25)5/h9-10,12-13,15-16,18,24H,7-8,11,14,17,19H2,1-6H3,(H,28,32)/t24-/m1/s1. The van der Waals surface area contributed by atoms with Crippen LogP contribution in [0.4, 0.5) is 5.69 Å². The molecule has 35 heavy (non-hydrogen) atoms. The Morgan fingerprint density at radius 3 is 2.29 bits per heavy atom. The van der Waals surface area contributed by atoms with Crippen molar-refractivity contribution in [1.82, 2.24) is 10.2 Å². The van der Waals surface area contributed by atoms with Gasteiger partial charge in [-0.3, -0.25) is 13.9 Å². The van der Waals surface area contributed by atoms with Gasteiger partial charge in [0.1, 0.15) is 6.04 Å². The number of benzene rings is 2. The molecule has 0 aromatic heterocycles. The molecule has 0 aliphatic heterocycles. The third-order valence-electron chi connectivity index (χ3n) is 6.12. The van der Waals surface area contributed by atoms with Gasteiger partial charge < -0.3 is 10.2 Å². The van der Waals surface area contributed by atoms with Gasteiger partial charge in [-0.1, -0.05) is 43.3 Å². The van der Waals surface area contributed by atoms with E-state index in [-0.39, 0.29) is 24.8 Å². The Balaban J connectivity index is 2.25. The number of sulfonamides is 1. The second kappa shape index (κ2) is 12.7. The maximum absolute atomic E-state index is 13.4. The summed E-state index contributed by atoms with van der Waals surface area (Å²) in [6, 6.07) is 12.9. The zero-order valence-corrected chi connectivity index (χ0v) is 22.6. The predicted molar refractivity (Wildman–Crippen MR) is 142 cm³/mol. The highest BCUT2D eigenvalue weighted by atomic mass is 32.2. The number of carbonyl (C=O) groups excluding carboxylic acids is 2. The van der Waals surface area contributed by atoms with E-state index < -0.39 is 16.1 Å². The molecule has 0 bridgehead atoms. The van der Waals surface area contributed by atoms with Gasteiger partial charge in [0.15, 0.2) is 0 Å². The Morgan fingerprint density at radius 2 is 1.69 bits per heavy atom. The van der Waals surface area contributed by atoms with Crippen molar-refractivity contribution in [3.63, 3.8) is 0 Å². The number of rotatable bonds is 12. The van der Waals surface area contributed by atoms with Crippen LogP contribution in [0.3, 0.4) is 0 Å². The fourth-order valence-electron chi connectivity index (χ4n) is 4.15. The van der Waals surface area contributed by atoms with Gasteiger partial charge in [-0.25, -0.2) is 8.42 Å². The SMILES string of the molecule is CCNC(=O)[C@@H](CC)N(Cc1ccccc1C)C(=O)CCCN(c1cc(C)ccc1C)S(C)(=O)=O. The number of anilines is 1. The third-order valence-corrected chi connectivity index (χ3v) is 7.30. The molecule has 1 atom stereocenters. The van der Waals surface area contributed by atoms with Crippen LogP contribution < -0.4 is 9.62 Å². The summed E-state index contributed by atoms with van der Waals surface area (Å²) in [5.74, 6) is -0.342. The number of aryl methyl sites for hydroxylation is 3. The van der Waals surface area contributed by atoms with Crippen molar-refractivity contribution in [3.8, 4) is 0 Å². The van der Waals surface area contributed by atoms with E-state index in [1.165, 1.54) is 10.6 Å². The van der Waals surface area contributed by atoms with E-state index in [1.54, 1.807) is 4.90 Å². The lowest BCUT2D eigenvalue weighted by molar-refractivity contribution is -0.141. The first-order valence-electron chi connectivity index (χ1n) is 12.2. The molecular formula is C27H39N3O4S. The summed E-state index contributed by atoms with van der Waals surface area (Å²) in [4.78, 5) is 27.8. The lowest BCUT2D eigenvalue weighted by Gasteiger charge is -2.31. The number of hydrogen-bond donors (Lipinski definition) is 1. The average Bonchev–Trinajstić information content (AvgIpc) is 2.79. The molecule has 2 rings (SSSR count). The number of nitrogens with one attached hydrogen (secondary N) is 1. The Kier molecular flexibility index (Phi) is 10.3. The lowest BCUT2D eigenvalue weighted by atomic mass is 10.1. The minimum absolute atomic E-state index is 0.138. The second-order valence-electron chi connectivity index (χ2n) is 9.00. The molecule has 0 fully saturated rings. The summed E-state index contributed by atoms with van der Waals surface area (Å²) >= 11 is 0. The van der Waals surface area contributed by atoms with Gasteiger partial charge in [-0.2, -0.15) is 0 Å². The molecule has 0 radical (unpaired) electrons. The van der Waals surface area contributed by atoms with E-state index in [0.717, 1.165) is 22.3 Å². The summed E-state index contributed by atoms with van der Waals surface area (Å²) < 4.78 is 26.5. The molecule has 1 N–H and O–H groups in total. The van der Waals surface area contributed by atoms with Gasteiger partial charge in [0.25, 0.3) is 0 Å². The predicted octanol–water partition coefficient (Wildman–Crippen LogP) is 4.10. The van der Waals surface area contributed by atoms with Crippen LogP contribution in [0, 0.1) is 20.8 Å². The smallest absolute Gasteiger partial charge is 0.242 e. The van der Waals surface area contributed by atoms with Crippen LogP contribution >= 0.6 is 0 Å². The highest BCUT2D eigenvalue weighted by Gasteiger charge is 2.29. The number of likely N-dealkylation sites (N-methyl/N-ethyl adjacent to an activating group) is 1. The van der Waals surface area contributed by atoms with Crippen LogP contribution in [0.5, 0.6) is 0 Å². The van der Waals surface area contributed by atoms with Gasteiger partial charge in [-0.05, 0) is 68.9 Å². The Hall–Kier alpha value is -2.87. The molecule has 2 aromatic rings. The molecular weight excluding hydrogens is 462 g/mol. The maximum Gasteiger partial charge on any atom is 0.242 e. The minimum atomic E-state index is -3.53. The summed E-state index contributed by atoms with van der Waals surface area (Å²) in [5, 5.41) is 2.84.